The molecular formula is C12H14F3N2-. The van der Waals surface area contributed by atoms with Crippen LogP contribution >= 0.6 is 0 Å². The highest BCUT2D eigenvalue weighted by Gasteiger charge is 2.30. The highest BCUT2D eigenvalue weighted by atomic mass is 19.4. The molecule has 1 heterocycles. The minimum absolute atomic E-state index is 0.600. The molecule has 0 amide bonds. The Morgan fingerprint density at radius 1 is 0.941 bits per heavy atom. The molecule has 0 atom stereocenters. The molecule has 0 bridgehead atoms. The first-order valence-corrected chi connectivity index (χ1v) is 5.44. The Kier molecular flexibility index (Phi) is 3.28. The van der Waals surface area contributed by atoms with Crippen molar-refractivity contribution in [3.63, 3.8) is 0 Å². The average molecular weight is 243 g/mol. The molecule has 1 aliphatic rings. The summed E-state index contributed by atoms with van der Waals surface area (Å²) in [5.41, 5.74) is 0.239. The van der Waals surface area contributed by atoms with E-state index in [0.717, 1.165) is 44.0 Å². The summed E-state index contributed by atoms with van der Waals surface area (Å²) < 4.78 is 37.2. The molecule has 1 saturated heterocycles. The molecule has 0 saturated carbocycles. The fraction of sp³-hybridized carbons (Fsp3) is 0.417. The fourth-order valence-electron chi connectivity index (χ4n) is 1.87. The lowest BCUT2D eigenvalue weighted by Crippen LogP contribution is -2.43. The molecule has 0 aromatic heterocycles. The van der Waals surface area contributed by atoms with Crippen LogP contribution in [-0.4, -0.2) is 31.1 Å². The van der Waals surface area contributed by atoms with Crippen LogP contribution in [0.5, 0.6) is 0 Å². The van der Waals surface area contributed by atoms with E-state index in [4.69, 9.17) is 0 Å². The van der Waals surface area contributed by atoms with Crippen molar-refractivity contribution < 1.29 is 13.2 Å². The highest BCUT2D eigenvalue weighted by molar-refractivity contribution is 5.48. The highest BCUT2D eigenvalue weighted by Crippen LogP contribution is 2.30. The van der Waals surface area contributed by atoms with Crippen molar-refractivity contribution in [3.8, 4) is 0 Å². The van der Waals surface area contributed by atoms with Crippen molar-refractivity contribution in [3.05, 3.63) is 36.9 Å². The van der Waals surface area contributed by atoms with Crippen LogP contribution in [0, 0.1) is 7.05 Å². The largest absolute Gasteiger partial charge is 0.456 e. The summed E-state index contributed by atoms with van der Waals surface area (Å²) in [6.07, 6.45) is -4.26. The lowest BCUT2D eigenvalue weighted by atomic mass is 10.1. The molecule has 0 spiro atoms. The molecule has 0 unspecified atom stereocenters. The molecule has 1 aliphatic heterocycles. The van der Waals surface area contributed by atoms with Crippen molar-refractivity contribution in [2.24, 2.45) is 0 Å². The van der Waals surface area contributed by atoms with Gasteiger partial charge in [0.25, 0.3) is 0 Å². The van der Waals surface area contributed by atoms with Gasteiger partial charge in [0.1, 0.15) is 0 Å². The molecule has 2 rings (SSSR count). The van der Waals surface area contributed by atoms with Gasteiger partial charge in [-0.05, 0) is 37.4 Å². The summed E-state index contributed by atoms with van der Waals surface area (Å²) in [6, 6.07) is 5.32. The maximum Gasteiger partial charge on any atom is 0.416 e. The number of alkyl halides is 3. The minimum atomic E-state index is -4.26. The van der Waals surface area contributed by atoms with Crippen molar-refractivity contribution >= 4 is 5.69 Å². The molecule has 94 valence electrons. The van der Waals surface area contributed by atoms with Gasteiger partial charge in [-0.25, -0.2) is 0 Å². The third-order valence-corrected chi connectivity index (χ3v) is 2.93. The first kappa shape index (κ1) is 12.2. The number of anilines is 1. The van der Waals surface area contributed by atoms with Gasteiger partial charge in [-0.1, -0.05) is 0 Å². The van der Waals surface area contributed by atoms with Crippen LogP contribution in [0.1, 0.15) is 5.56 Å². The molecule has 0 N–H and O–H groups in total. The van der Waals surface area contributed by atoms with Crippen molar-refractivity contribution in [2.75, 3.05) is 31.1 Å². The third-order valence-electron chi connectivity index (χ3n) is 2.93. The zero-order valence-corrected chi connectivity index (χ0v) is 9.37. The lowest BCUT2D eigenvalue weighted by molar-refractivity contribution is -0.137. The van der Waals surface area contributed by atoms with Crippen molar-refractivity contribution in [2.45, 2.75) is 6.18 Å². The SMILES string of the molecule is [CH2-]N1CCN(c2ccc(C(F)(F)F)cc2)CC1. The van der Waals surface area contributed by atoms with Crippen molar-refractivity contribution in [1.82, 2.24) is 4.90 Å². The molecule has 1 aromatic carbocycles. The zero-order chi connectivity index (χ0) is 12.5. The molecular weight excluding hydrogens is 229 g/mol. The average Bonchev–Trinajstić information content (AvgIpc) is 2.29. The summed E-state index contributed by atoms with van der Waals surface area (Å²) in [7, 11) is 3.83. The topological polar surface area (TPSA) is 6.48 Å². The quantitative estimate of drug-likeness (QED) is 0.700. The van der Waals surface area contributed by atoms with Gasteiger partial charge in [0, 0.05) is 18.8 Å². The zero-order valence-electron chi connectivity index (χ0n) is 9.37. The second kappa shape index (κ2) is 4.56. The van der Waals surface area contributed by atoms with Gasteiger partial charge in [-0.15, -0.1) is 0 Å². The third kappa shape index (κ3) is 2.91. The smallest absolute Gasteiger partial charge is 0.416 e. The number of hydrogen-bond acceptors (Lipinski definition) is 2. The van der Waals surface area contributed by atoms with Crippen LogP contribution in [0.3, 0.4) is 0 Å². The molecule has 0 radical (unpaired) electrons. The van der Waals surface area contributed by atoms with E-state index in [0.29, 0.717) is 0 Å². The van der Waals surface area contributed by atoms with E-state index < -0.39 is 11.7 Å². The normalized spacial score (nSPS) is 18.5. The predicted octanol–water partition coefficient (Wildman–Crippen LogP) is 2.62. The van der Waals surface area contributed by atoms with Crippen LogP contribution in [0.15, 0.2) is 24.3 Å². The summed E-state index contributed by atoms with van der Waals surface area (Å²) in [5, 5.41) is 0. The lowest BCUT2D eigenvalue weighted by Gasteiger charge is -2.38. The van der Waals surface area contributed by atoms with E-state index in [1.165, 1.54) is 12.1 Å². The molecule has 5 heteroatoms. The Morgan fingerprint density at radius 3 is 1.94 bits per heavy atom. The van der Waals surface area contributed by atoms with Crippen LogP contribution in [0.2, 0.25) is 0 Å². The second-order valence-electron chi connectivity index (χ2n) is 4.15. The number of hydrogen-bond donors (Lipinski definition) is 0. The number of rotatable bonds is 1. The van der Waals surface area contributed by atoms with Crippen LogP contribution in [0.4, 0.5) is 18.9 Å². The van der Waals surface area contributed by atoms with E-state index >= 15 is 0 Å². The maximum absolute atomic E-state index is 12.4. The van der Waals surface area contributed by atoms with Gasteiger partial charge in [0.2, 0.25) is 0 Å². The predicted molar refractivity (Wildman–Crippen MR) is 60.6 cm³/mol. The van der Waals surface area contributed by atoms with Gasteiger partial charge in [0.15, 0.2) is 0 Å². The summed E-state index contributed by atoms with van der Waals surface area (Å²) in [6.45, 7) is 3.27. The number of halogens is 3. The van der Waals surface area contributed by atoms with E-state index in [2.05, 4.69) is 11.9 Å². The van der Waals surface area contributed by atoms with Gasteiger partial charge in [-0.2, -0.15) is 13.2 Å². The Morgan fingerprint density at radius 2 is 1.47 bits per heavy atom. The van der Waals surface area contributed by atoms with Crippen LogP contribution < -0.4 is 4.90 Å². The van der Waals surface area contributed by atoms with E-state index in [9.17, 15) is 13.2 Å². The summed E-state index contributed by atoms with van der Waals surface area (Å²) in [4.78, 5) is 4.03. The Hall–Kier alpha value is -1.23. The summed E-state index contributed by atoms with van der Waals surface area (Å²) in [5.74, 6) is 0. The maximum atomic E-state index is 12.4. The van der Waals surface area contributed by atoms with Crippen molar-refractivity contribution in [1.29, 1.82) is 0 Å². The Labute approximate surface area is 98.6 Å². The second-order valence-corrected chi connectivity index (χ2v) is 4.15. The minimum Gasteiger partial charge on any atom is -0.456 e. The molecule has 17 heavy (non-hydrogen) atoms. The van der Waals surface area contributed by atoms with Gasteiger partial charge >= 0.3 is 6.18 Å². The van der Waals surface area contributed by atoms with Crippen LogP contribution in [0.25, 0.3) is 0 Å². The first-order chi connectivity index (χ1) is 7.97. The van der Waals surface area contributed by atoms with E-state index in [1.807, 2.05) is 4.90 Å². The molecule has 1 aromatic rings. The standard InChI is InChI=1S/C12H14F3N2/c1-16-6-8-17(9-7-16)11-4-2-10(3-5-11)12(13,14)15/h2-5H,1,6-9H2/q-1. The Balaban J connectivity index is 2.08. The number of piperazine rings is 1. The van der Waals surface area contributed by atoms with Gasteiger partial charge < -0.3 is 9.80 Å². The van der Waals surface area contributed by atoms with Gasteiger partial charge in [-0.3, -0.25) is 7.05 Å². The van der Waals surface area contributed by atoms with E-state index in [-0.39, 0.29) is 0 Å². The number of benzene rings is 1. The molecule has 0 aliphatic carbocycles. The summed E-state index contributed by atoms with van der Waals surface area (Å²) >= 11 is 0. The molecule has 2 nitrogen and oxygen atoms in total. The fourth-order valence-corrected chi connectivity index (χ4v) is 1.87. The van der Waals surface area contributed by atoms with E-state index in [1.54, 1.807) is 0 Å². The first-order valence-electron chi connectivity index (χ1n) is 5.44. The van der Waals surface area contributed by atoms with Crippen LogP contribution in [-0.2, 0) is 6.18 Å². The molecule has 1 fully saturated rings. The monoisotopic (exact) mass is 243 g/mol. The Bertz CT molecular complexity index is 364. The van der Waals surface area contributed by atoms with Gasteiger partial charge in [0.05, 0.1) is 5.56 Å². The number of nitrogens with zero attached hydrogens (tertiary/aromatic N) is 2.